The van der Waals surface area contributed by atoms with Crippen LogP contribution in [0.5, 0.6) is 0 Å². The fourth-order valence-electron chi connectivity index (χ4n) is 8.03. The molecule has 0 aliphatic rings. The minimum Gasteiger partial charge on any atom is -0.480 e. The number of fused-ring (bicyclic) bond motifs is 2. The maximum absolute atomic E-state index is 15.1. The van der Waals surface area contributed by atoms with Gasteiger partial charge in [-0.1, -0.05) is 90.8 Å². The Morgan fingerprint density at radius 2 is 1.15 bits per heavy atom. The Hall–Kier alpha value is -6.76. The molecular weight excluding hydrogens is 925 g/mol. The van der Waals surface area contributed by atoms with Gasteiger partial charge in [-0.05, 0) is 89.0 Å². The summed E-state index contributed by atoms with van der Waals surface area (Å²) in [6, 6.07) is 6.35. The van der Waals surface area contributed by atoms with E-state index in [4.69, 9.17) is 15.2 Å². The highest BCUT2D eigenvalue weighted by molar-refractivity contribution is 5.98. The molecule has 0 aliphatic carbocycles. The summed E-state index contributed by atoms with van der Waals surface area (Å²) in [6.07, 6.45) is 2.64. The lowest BCUT2D eigenvalue weighted by molar-refractivity contribution is -0.158. The number of hydrogen-bond donors (Lipinski definition) is 8. The lowest BCUT2D eigenvalue weighted by Gasteiger charge is -2.29. The van der Waals surface area contributed by atoms with Gasteiger partial charge in [-0.15, -0.1) is 0 Å². The molecular formula is C53H76N8O11. The number of benzene rings is 2. The van der Waals surface area contributed by atoms with Gasteiger partial charge in [0.25, 0.3) is 0 Å². The molecule has 0 unspecified atom stereocenters. The van der Waals surface area contributed by atoms with Crippen LogP contribution in [0.15, 0.2) is 60.9 Å². The second-order valence-electron chi connectivity index (χ2n) is 21.1. The predicted octanol–water partition coefficient (Wildman–Crippen LogP) is 5.40. The largest absolute Gasteiger partial charge is 0.480 e. The molecule has 0 fully saturated rings. The van der Waals surface area contributed by atoms with Crippen molar-refractivity contribution in [2.24, 2.45) is 23.5 Å². The van der Waals surface area contributed by atoms with Crippen molar-refractivity contribution in [3.63, 3.8) is 0 Å². The number of hydrogen-bond acceptors (Lipinski definition) is 11. The molecule has 9 N–H and O–H groups in total. The summed E-state index contributed by atoms with van der Waals surface area (Å²) in [4.78, 5) is 114. The van der Waals surface area contributed by atoms with Gasteiger partial charge in [-0.2, -0.15) is 0 Å². The van der Waals surface area contributed by atoms with E-state index in [1.807, 2.05) is 45.0 Å². The monoisotopic (exact) mass is 1000 g/mol. The summed E-state index contributed by atoms with van der Waals surface area (Å²) in [6.45, 7) is 21.0. The van der Waals surface area contributed by atoms with E-state index in [9.17, 15) is 38.7 Å². The van der Waals surface area contributed by atoms with Gasteiger partial charge in [0.1, 0.15) is 41.4 Å². The van der Waals surface area contributed by atoms with Crippen molar-refractivity contribution in [3.8, 4) is 0 Å². The highest BCUT2D eigenvalue weighted by Crippen LogP contribution is 2.26. The number of amides is 5. The zero-order chi connectivity index (χ0) is 53.8. The first-order valence-corrected chi connectivity index (χ1v) is 24.7. The number of H-pyrrole nitrogens is 1. The minimum absolute atomic E-state index is 0.0356. The molecule has 2 aromatic heterocycles. The Morgan fingerprint density at radius 3 is 1.72 bits per heavy atom. The molecule has 19 nitrogen and oxygen atoms in total. The van der Waals surface area contributed by atoms with E-state index < -0.39 is 107 Å². The molecule has 4 aromatic rings. The van der Waals surface area contributed by atoms with Gasteiger partial charge < -0.3 is 51.9 Å². The molecule has 0 spiro atoms. The van der Waals surface area contributed by atoms with Crippen LogP contribution >= 0.6 is 0 Å². The van der Waals surface area contributed by atoms with Gasteiger partial charge in [0.05, 0.1) is 18.0 Å². The number of aromatic amines is 1. The zero-order valence-corrected chi connectivity index (χ0v) is 43.8. The maximum atomic E-state index is 15.1. The zero-order valence-electron chi connectivity index (χ0n) is 43.8. The Morgan fingerprint density at radius 1 is 0.639 bits per heavy atom. The molecule has 0 bridgehead atoms. The molecule has 5 amide bonds. The first-order chi connectivity index (χ1) is 33.6. The van der Waals surface area contributed by atoms with Crippen LogP contribution in [0, 0.1) is 17.8 Å². The fraction of sp³-hybridized carbons (Fsp3) is 0.547. The van der Waals surface area contributed by atoms with Crippen molar-refractivity contribution in [2.75, 3.05) is 0 Å². The smallest absolute Gasteiger partial charge is 0.419 e. The molecule has 2 heterocycles. The molecule has 394 valence electrons. The van der Waals surface area contributed by atoms with E-state index in [1.165, 1.54) is 10.8 Å². The van der Waals surface area contributed by atoms with Gasteiger partial charge in [0.15, 0.2) is 0 Å². The average molecular weight is 1000 g/mol. The van der Waals surface area contributed by atoms with E-state index in [1.54, 1.807) is 92.8 Å². The summed E-state index contributed by atoms with van der Waals surface area (Å²) in [5.74, 6) is -6.95. The van der Waals surface area contributed by atoms with Crippen LogP contribution in [0.4, 0.5) is 4.79 Å². The standard InChI is InChI=1S/C53H76N8O11/c1-13-30(5)43(54)48(66)60-44(31(6)14-2)49(67)58-39(25-33-28-61(51(70)72-53(10,11)12)41-22-18-16-20-35(33)41)47(65)57-38(24-32-27-55-36-21-17-15-19-34(32)36)46(64)56-37(23-29(3)4)45(63)59-40(50(68)69)26-42(62)71-52(7,8)9/h15-22,27-31,37-40,43-44,55H,13-14,23-26,54H2,1-12H3,(H,56,64)(H,57,65)(H,58,67)(H,59,63)(H,60,66)(H,68,69)/t30-,31-,37-,38+,39-,40-,43-,44-/m0/s1. The van der Waals surface area contributed by atoms with E-state index in [-0.39, 0.29) is 31.1 Å². The average Bonchev–Trinajstić information content (AvgIpc) is 3.88. The van der Waals surface area contributed by atoms with Crippen LogP contribution in [-0.2, 0) is 55.9 Å². The Balaban J connectivity index is 1.80. The van der Waals surface area contributed by atoms with E-state index in [0.29, 0.717) is 34.9 Å². The van der Waals surface area contributed by atoms with E-state index >= 15 is 4.79 Å². The van der Waals surface area contributed by atoms with E-state index in [2.05, 4.69) is 31.6 Å². The van der Waals surface area contributed by atoms with Crippen LogP contribution < -0.4 is 32.3 Å². The van der Waals surface area contributed by atoms with Crippen LogP contribution in [0.2, 0.25) is 0 Å². The number of nitrogens with two attached hydrogens (primary N) is 1. The van der Waals surface area contributed by atoms with Gasteiger partial charge >= 0.3 is 18.0 Å². The second kappa shape index (κ2) is 25.1. The molecule has 0 radical (unpaired) electrons. The molecule has 8 atom stereocenters. The van der Waals surface area contributed by atoms with Gasteiger partial charge in [-0.25, -0.2) is 9.59 Å². The number of aliphatic carboxylic acids is 1. The molecule has 0 aliphatic heterocycles. The highest BCUT2D eigenvalue weighted by Gasteiger charge is 2.37. The predicted molar refractivity (Wildman–Crippen MR) is 273 cm³/mol. The van der Waals surface area contributed by atoms with Crippen LogP contribution in [0.25, 0.3) is 21.8 Å². The van der Waals surface area contributed by atoms with E-state index in [0.717, 1.165) is 10.9 Å². The number of aromatic nitrogens is 2. The molecule has 4 rings (SSSR count). The minimum atomic E-state index is -1.69. The third kappa shape index (κ3) is 16.4. The number of carboxylic acid groups (broad SMARTS) is 1. The van der Waals surface area contributed by atoms with Gasteiger partial charge in [-0.3, -0.25) is 33.3 Å². The third-order valence-electron chi connectivity index (χ3n) is 12.3. The first-order valence-electron chi connectivity index (χ1n) is 24.7. The topological polar surface area (TPSA) is 282 Å². The number of carbonyl (C=O) groups is 8. The lowest BCUT2D eigenvalue weighted by atomic mass is 9.94. The third-order valence-corrected chi connectivity index (χ3v) is 12.3. The number of carbonyl (C=O) groups excluding carboxylic acids is 7. The van der Waals surface area contributed by atoms with Crippen LogP contribution in [-0.4, -0.2) is 110 Å². The SMILES string of the molecule is CC[C@H](C)[C@H](N)C(=O)N[C@H](C(=O)N[C@@H](Cc1cn(C(=O)OC(C)(C)C)c2ccccc12)C(=O)N[C@H](Cc1c[nH]c2ccccc12)C(=O)N[C@@H](CC(C)C)C(=O)N[C@@H](CC(=O)OC(C)(C)C)C(=O)O)[C@@H](C)CC. The number of carboxylic acids is 1. The normalized spacial score (nSPS) is 15.2. The van der Waals surface area contributed by atoms with Crippen LogP contribution in [0.1, 0.15) is 120 Å². The Bertz CT molecular complexity index is 2570. The number of rotatable bonds is 23. The second-order valence-corrected chi connectivity index (χ2v) is 21.1. The molecule has 2 aromatic carbocycles. The quantitative estimate of drug-likeness (QED) is 0.0434. The maximum Gasteiger partial charge on any atom is 0.419 e. The van der Waals surface area contributed by atoms with Crippen molar-refractivity contribution in [1.29, 1.82) is 0 Å². The van der Waals surface area contributed by atoms with Gasteiger partial charge in [0, 0.05) is 41.5 Å². The van der Waals surface area contributed by atoms with Crippen molar-refractivity contribution >= 4 is 69.4 Å². The van der Waals surface area contributed by atoms with Crippen molar-refractivity contribution in [2.45, 2.75) is 169 Å². The highest BCUT2D eigenvalue weighted by atomic mass is 16.6. The summed E-state index contributed by atoms with van der Waals surface area (Å²) in [7, 11) is 0. The van der Waals surface area contributed by atoms with Crippen molar-refractivity contribution in [3.05, 3.63) is 72.1 Å². The molecule has 72 heavy (non-hydrogen) atoms. The number of nitrogens with zero attached hydrogens (tertiary/aromatic N) is 1. The lowest BCUT2D eigenvalue weighted by Crippen LogP contribution is -2.61. The van der Waals surface area contributed by atoms with Crippen molar-refractivity contribution in [1.82, 2.24) is 36.1 Å². The van der Waals surface area contributed by atoms with Crippen molar-refractivity contribution < 1.29 is 52.9 Å². The Labute approximate surface area is 421 Å². The van der Waals surface area contributed by atoms with Gasteiger partial charge in [0.2, 0.25) is 29.5 Å². The number of para-hydroxylation sites is 2. The number of ether oxygens (including phenoxy) is 2. The fourth-order valence-corrected chi connectivity index (χ4v) is 8.03. The number of esters is 1. The molecule has 0 saturated heterocycles. The molecule has 19 heteroatoms. The number of nitrogens with one attached hydrogen (secondary N) is 6. The van der Waals surface area contributed by atoms with Crippen LogP contribution in [0.3, 0.4) is 0 Å². The summed E-state index contributed by atoms with van der Waals surface area (Å²) in [5.41, 5.74) is 6.84. The summed E-state index contributed by atoms with van der Waals surface area (Å²) >= 11 is 0. The first kappa shape index (κ1) is 57.8. The summed E-state index contributed by atoms with van der Waals surface area (Å²) in [5, 5.41) is 25.0. The molecule has 0 saturated carbocycles. The summed E-state index contributed by atoms with van der Waals surface area (Å²) < 4.78 is 12.3. The Kier molecular flexibility index (Phi) is 20.1.